The molecule has 1 aliphatic rings. The summed E-state index contributed by atoms with van der Waals surface area (Å²) in [6.45, 7) is 3.17. The molecule has 2 N–H and O–H groups in total. The molecule has 1 fully saturated rings. The lowest BCUT2D eigenvalue weighted by molar-refractivity contribution is -0.122. The molecule has 3 aromatic heterocycles. The Morgan fingerprint density at radius 1 is 1.11 bits per heavy atom. The first-order chi connectivity index (χ1) is 18.0. The van der Waals surface area contributed by atoms with Gasteiger partial charge in [0.15, 0.2) is 5.69 Å². The van der Waals surface area contributed by atoms with E-state index in [2.05, 4.69) is 34.7 Å². The number of anilines is 2. The molecule has 1 aliphatic carbocycles. The highest BCUT2D eigenvalue weighted by molar-refractivity contribution is 6.11. The fourth-order valence-electron chi connectivity index (χ4n) is 4.65. The molecule has 1 aromatic carbocycles. The lowest BCUT2D eigenvalue weighted by atomic mass is 9.85. The highest BCUT2D eigenvalue weighted by Crippen LogP contribution is 2.35. The second-order valence-corrected chi connectivity index (χ2v) is 9.43. The van der Waals surface area contributed by atoms with Crippen molar-refractivity contribution in [2.45, 2.75) is 45.7 Å². The second kappa shape index (κ2) is 10.8. The van der Waals surface area contributed by atoms with Crippen LogP contribution in [-0.2, 0) is 29.0 Å². The van der Waals surface area contributed by atoms with Crippen LogP contribution in [0.5, 0.6) is 0 Å². The molecule has 0 saturated heterocycles. The maximum Gasteiger partial charge on any atom is 0.356 e. The number of methoxy groups -OCH3 is 1. The van der Waals surface area contributed by atoms with Gasteiger partial charge in [0.1, 0.15) is 5.65 Å². The van der Waals surface area contributed by atoms with Crippen LogP contribution in [0.1, 0.15) is 46.6 Å². The Morgan fingerprint density at radius 2 is 1.92 bits per heavy atom. The number of carbonyl (C=O) groups is 2. The standard InChI is InChI=1S/C29H31N5O3/c1-19-8-3-4-9-21(19)17-31-23-16-24-25(33-28(35)20-10-7-11-20)26(29(36)37-2)34(27(24)32-18-23)15-13-22-12-5-6-14-30-22/h3-6,8-9,12,14,16,18,20,31H,7,10-11,13,15,17H2,1-2H3,(H,33,35). The number of carbonyl (C=O) groups excluding carboxylic acids is 2. The van der Waals surface area contributed by atoms with Crippen molar-refractivity contribution in [3.8, 4) is 0 Å². The summed E-state index contributed by atoms with van der Waals surface area (Å²) < 4.78 is 6.99. The zero-order valence-electron chi connectivity index (χ0n) is 21.2. The number of aryl methyl sites for hydroxylation is 3. The van der Waals surface area contributed by atoms with E-state index in [1.165, 1.54) is 18.2 Å². The van der Waals surface area contributed by atoms with Crippen molar-refractivity contribution in [3.63, 3.8) is 0 Å². The van der Waals surface area contributed by atoms with Crippen molar-refractivity contribution in [2.75, 3.05) is 17.7 Å². The number of hydrogen-bond donors (Lipinski definition) is 2. The molecule has 8 heteroatoms. The van der Waals surface area contributed by atoms with Gasteiger partial charge in [0.05, 0.1) is 24.7 Å². The predicted octanol–water partition coefficient (Wildman–Crippen LogP) is 5.12. The third-order valence-electron chi connectivity index (χ3n) is 7.06. The van der Waals surface area contributed by atoms with Crippen LogP contribution in [0.2, 0.25) is 0 Å². The van der Waals surface area contributed by atoms with Gasteiger partial charge in [0.25, 0.3) is 0 Å². The van der Waals surface area contributed by atoms with Crippen LogP contribution in [0.4, 0.5) is 11.4 Å². The van der Waals surface area contributed by atoms with E-state index in [-0.39, 0.29) is 11.8 Å². The van der Waals surface area contributed by atoms with Crippen molar-refractivity contribution in [3.05, 3.63) is 83.4 Å². The highest BCUT2D eigenvalue weighted by Gasteiger charge is 2.30. The first-order valence-electron chi connectivity index (χ1n) is 12.6. The lowest BCUT2D eigenvalue weighted by Crippen LogP contribution is -2.29. The van der Waals surface area contributed by atoms with E-state index < -0.39 is 5.97 Å². The van der Waals surface area contributed by atoms with Gasteiger partial charge in [-0.15, -0.1) is 0 Å². The van der Waals surface area contributed by atoms with Gasteiger partial charge in [-0.3, -0.25) is 9.78 Å². The SMILES string of the molecule is COC(=O)c1c(NC(=O)C2CCC2)c2cc(NCc3ccccc3C)cnc2n1CCc1ccccn1. The van der Waals surface area contributed by atoms with Crippen LogP contribution >= 0.6 is 0 Å². The molecule has 0 atom stereocenters. The fraction of sp³-hybridized carbons (Fsp3) is 0.310. The fourth-order valence-corrected chi connectivity index (χ4v) is 4.65. The average molecular weight is 498 g/mol. The van der Waals surface area contributed by atoms with Gasteiger partial charge in [-0.05, 0) is 49.1 Å². The van der Waals surface area contributed by atoms with E-state index in [1.807, 2.05) is 41.0 Å². The maximum absolute atomic E-state index is 13.1. The lowest BCUT2D eigenvalue weighted by Gasteiger charge is -2.24. The van der Waals surface area contributed by atoms with Crippen LogP contribution in [0, 0.1) is 12.8 Å². The maximum atomic E-state index is 13.1. The minimum Gasteiger partial charge on any atom is -0.464 e. The Bertz CT molecular complexity index is 1430. The van der Waals surface area contributed by atoms with Crippen LogP contribution in [-0.4, -0.2) is 33.5 Å². The van der Waals surface area contributed by atoms with Crippen LogP contribution < -0.4 is 10.6 Å². The number of ether oxygens (including phenoxy) is 1. The molecule has 1 amide bonds. The van der Waals surface area contributed by atoms with E-state index in [4.69, 9.17) is 9.72 Å². The summed E-state index contributed by atoms with van der Waals surface area (Å²) in [5.41, 5.74) is 5.44. The van der Waals surface area contributed by atoms with Gasteiger partial charge in [-0.1, -0.05) is 36.8 Å². The minimum atomic E-state index is -0.516. The summed E-state index contributed by atoms with van der Waals surface area (Å²) in [6.07, 6.45) is 6.87. The molecule has 5 rings (SSSR count). The van der Waals surface area contributed by atoms with Gasteiger partial charge in [0, 0.05) is 42.7 Å². The van der Waals surface area contributed by atoms with Crippen LogP contribution in [0.15, 0.2) is 60.9 Å². The molecule has 0 radical (unpaired) electrons. The largest absolute Gasteiger partial charge is 0.464 e. The number of fused-ring (bicyclic) bond motifs is 1. The number of pyridine rings is 2. The molecular formula is C29H31N5O3. The Morgan fingerprint density at radius 3 is 2.62 bits per heavy atom. The molecule has 190 valence electrons. The second-order valence-electron chi connectivity index (χ2n) is 9.43. The first-order valence-corrected chi connectivity index (χ1v) is 12.6. The monoisotopic (exact) mass is 497 g/mol. The molecule has 8 nitrogen and oxygen atoms in total. The van der Waals surface area contributed by atoms with Crippen molar-refractivity contribution in [1.29, 1.82) is 0 Å². The molecular weight excluding hydrogens is 466 g/mol. The van der Waals surface area contributed by atoms with Gasteiger partial charge < -0.3 is 19.9 Å². The minimum absolute atomic E-state index is 0.0345. The van der Waals surface area contributed by atoms with Crippen molar-refractivity contribution < 1.29 is 14.3 Å². The van der Waals surface area contributed by atoms with Gasteiger partial charge >= 0.3 is 5.97 Å². The number of benzene rings is 1. The molecule has 4 aromatic rings. The summed E-state index contributed by atoms with van der Waals surface area (Å²) in [5.74, 6) is -0.622. The van der Waals surface area contributed by atoms with Gasteiger partial charge in [0.2, 0.25) is 5.91 Å². The van der Waals surface area contributed by atoms with Crippen molar-refractivity contribution in [2.24, 2.45) is 5.92 Å². The van der Waals surface area contributed by atoms with Crippen molar-refractivity contribution >= 4 is 34.3 Å². The number of aromatic nitrogens is 3. The Balaban J connectivity index is 1.54. The van der Waals surface area contributed by atoms with Crippen LogP contribution in [0.25, 0.3) is 11.0 Å². The first kappa shape index (κ1) is 24.5. The topological polar surface area (TPSA) is 98.1 Å². The molecule has 3 heterocycles. The smallest absolute Gasteiger partial charge is 0.356 e. The third kappa shape index (κ3) is 5.18. The summed E-state index contributed by atoms with van der Waals surface area (Å²) in [6, 6.07) is 15.9. The average Bonchev–Trinajstić information content (AvgIpc) is 3.18. The van der Waals surface area contributed by atoms with E-state index >= 15 is 0 Å². The quantitative estimate of drug-likeness (QED) is 0.312. The predicted molar refractivity (Wildman–Crippen MR) is 143 cm³/mol. The molecule has 1 saturated carbocycles. The number of nitrogens with zero attached hydrogens (tertiary/aromatic N) is 3. The number of nitrogens with one attached hydrogen (secondary N) is 2. The normalized spacial score (nSPS) is 13.2. The summed E-state index contributed by atoms with van der Waals surface area (Å²) in [4.78, 5) is 35.2. The Hall–Kier alpha value is -4.20. The molecule has 0 aliphatic heterocycles. The van der Waals surface area contributed by atoms with Crippen LogP contribution in [0.3, 0.4) is 0 Å². The van der Waals surface area contributed by atoms with E-state index in [1.54, 1.807) is 12.4 Å². The summed E-state index contributed by atoms with van der Waals surface area (Å²) in [7, 11) is 1.35. The summed E-state index contributed by atoms with van der Waals surface area (Å²) >= 11 is 0. The van der Waals surface area contributed by atoms with E-state index in [9.17, 15) is 9.59 Å². The number of rotatable bonds is 9. The Labute approximate surface area is 216 Å². The number of amides is 1. The molecule has 0 spiro atoms. The number of esters is 1. The van der Waals surface area contributed by atoms with Crippen molar-refractivity contribution in [1.82, 2.24) is 14.5 Å². The Kier molecular flexibility index (Phi) is 7.16. The van der Waals surface area contributed by atoms with E-state index in [0.29, 0.717) is 41.9 Å². The van der Waals surface area contributed by atoms with Gasteiger partial charge in [-0.25, -0.2) is 9.78 Å². The summed E-state index contributed by atoms with van der Waals surface area (Å²) in [5, 5.41) is 7.19. The number of hydrogen-bond acceptors (Lipinski definition) is 6. The molecule has 0 bridgehead atoms. The third-order valence-corrected chi connectivity index (χ3v) is 7.06. The highest BCUT2D eigenvalue weighted by atomic mass is 16.5. The zero-order chi connectivity index (χ0) is 25.8. The molecule has 0 unspecified atom stereocenters. The molecule has 37 heavy (non-hydrogen) atoms. The van der Waals surface area contributed by atoms with Gasteiger partial charge in [-0.2, -0.15) is 0 Å². The zero-order valence-corrected chi connectivity index (χ0v) is 21.2. The van der Waals surface area contributed by atoms with E-state index in [0.717, 1.165) is 30.6 Å².